The average Bonchev–Trinajstić information content (AvgIpc) is 2.89. The number of carbonyl (C=O) groups is 3. The van der Waals surface area contributed by atoms with Crippen LogP contribution in [0.15, 0.2) is 18.2 Å². The summed E-state index contributed by atoms with van der Waals surface area (Å²) < 4.78 is 0. The van der Waals surface area contributed by atoms with E-state index in [4.69, 9.17) is 0 Å². The average molecular weight is 344 g/mol. The number of likely N-dealkylation sites (N-methyl/N-ethyl adjacent to an activating group) is 2. The van der Waals surface area contributed by atoms with Crippen molar-refractivity contribution in [3.05, 3.63) is 34.9 Å². The number of carbonyl (C=O) groups excluding carboxylic acids is 3. The fourth-order valence-corrected chi connectivity index (χ4v) is 3.39. The first-order valence-corrected chi connectivity index (χ1v) is 8.59. The minimum absolute atomic E-state index is 0.121. The normalized spacial score (nSPS) is 20.2. The maximum Gasteiger partial charge on any atom is 0.255 e. The maximum atomic E-state index is 12.8. The molecule has 0 spiro atoms. The minimum Gasteiger partial charge on any atom is -0.322 e. The van der Waals surface area contributed by atoms with Crippen molar-refractivity contribution in [2.45, 2.75) is 32.0 Å². The quantitative estimate of drug-likeness (QED) is 0.716. The van der Waals surface area contributed by atoms with Crippen LogP contribution in [0.4, 0.5) is 0 Å². The first-order valence-electron chi connectivity index (χ1n) is 8.59. The van der Waals surface area contributed by atoms with Gasteiger partial charge in [0.25, 0.3) is 5.91 Å². The van der Waals surface area contributed by atoms with Gasteiger partial charge in [0.2, 0.25) is 11.8 Å². The van der Waals surface area contributed by atoms with E-state index < -0.39 is 6.04 Å². The first kappa shape index (κ1) is 17.6. The Morgan fingerprint density at radius 2 is 2.12 bits per heavy atom. The Morgan fingerprint density at radius 3 is 2.84 bits per heavy atom. The van der Waals surface area contributed by atoms with Crippen LogP contribution in [0, 0.1) is 0 Å². The molecule has 3 rings (SSSR count). The summed E-state index contributed by atoms with van der Waals surface area (Å²) in [6.45, 7) is 3.02. The highest BCUT2D eigenvalue weighted by atomic mass is 16.2. The summed E-state index contributed by atoms with van der Waals surface area (Å²) in [5, 5.41) is 5.44. The molecule has 1 saturated heterocycles. The number of benzene rings is 1. The lowest BCUT2D eigenvalue weighted by molar-refractivity contribution is -0.136. The van der Waals surface area contributed by atoms with Crippen molar-refractivity contribution in [1.82, 2.24) is 20.4 Å². The molecule has 1 aromatic rings. The summed E-state index contributed by atoms with van der Waals surface area (Å²) in [5.74, 6) is -0.758. The largest absolute Gasteiger partial charge is 0.322 e. The Hall–Kier alpha value is -2.25. The molecule has 2 aliphatic heterocycles. The van der Waals surface area contributed by atoms with Crippen molar-refractivity contribution in [1.29, 1.82) is 0 Å². The van der Waals surface area contributed by atoms with Crippen LogP contribution in [-0.4, -0.2) is 60.7 Å². The van der Waals surface area contributed by atoms with Crippen molar-refractivity contribution in [2.75, 3.05) is 27.2 Å². The zero-order chi connectivity index (χ0) is 18.0. The molecule has 2 aliphatic rings. The van der Waals surface area contributed by atoms with Crippen LogP contribution in [0.1, 0.15) is 34.3 Å². The van der Waals surface area contributed by atoms with E-state index in [1.54, 1.807) is 4.90 Å². The smallest absolute Gasteiger partial charge is 0.255 e. The molecule has 3 amide bonds. The standard InChI is InChI=1S/C18H24N4O3/c1-19-7-8-21(2)10-12-3-4-13-11-22(18(25)14(13)9-12)15-5-6-16(23)20-17(15)24/h3-4,9,15,19H,5-8,10-11H2,1-2H3,(H,20,23,24). The highest BCUT2D eigenvalue weighted by Gasteiger charge is 2.39. The molecule has 0 aromatic heterocycles. The first-order chi connectivity index (χ1) is 12.0. The van der Waals surface area contributed by atoms with Crippen LogP contribution in [0.2, 0.25) is 0 Å². The predicted molar refractivity (Wildman–Crippen MR) is 92.7 cm³/mol. The molecule has 0 radical (unpaired) electrons. The molecule has 134 valence electrons. The third kappa shape index (κ3) is 3.72. The van der Waals surface area contributed by atoms with E-state index in [0.29, 0.717) is 18.5 Å². The van der Waals surface area contributed by atoms with Crippen molar-refractivity contribution < 1.29 is 14.4 Å². The number of piperidine rings is 1. The number of nitrogens with zero attached hydrogens (tertiary/aromatic N) is 2. The summed E-state index contributed by atoms with van der Waals surface area (Å²) >= 11 is 0. The fourth-order valence-electron chi connectivity index (χ4n) is 3.39. The summed E-state index contributed by atoms with van der Waals surface area (Å²) in [7, 11) is 3.97. The van der Waals surface area contributed by atoms with E-state index >= 15 is 0 Å². The van der Waals surface area contributed by atoms with Gasteiger partial charge in [0.05, 0.1) is 0 Å². The van der Waals surface area contributed by atoms with Crippen molar-refractivity contribution >= 4 is 17.7 Å². The molecular formula is C18H24N4O3. The van der Waals surface area contributed by atoms with Crippen LogP contribution in [0.25, 0.3) is 0 Å². The number of hydrogen-bond acceptors (Lipinski definition) is 5. The molecule has 0 bridgehead atoms. The fraction of sp³-hybridized carbons (Fsp3) is 0.500. The molecule has 7 nitrogen and oxygen atoms in total. The van der Waals surface area contributed by atoms with Gasteiger partial charge >= 0.3 is 0 Å². The minimum atomic E-state index is -0.556. The van der Waals surface area contributed by atoms with Crippen LogP contribution >= 0.6 is 0 Å². The lowest BCUT2D eigenvalue weighted by Gasteiger charge is -2.29. The molecule has 1 fully saturated rings. The second-order valence-electron chi connectivity index (χ2n) is 6.73. The molecular weight excluding hydrogens is 320 g/mol. The molecule has 7 heteroatoms. The summed E-state index contributed by atoms with van der Waals surface area (Å²) in [6.07, 6.45) is 0.669. The van der Waals surface area contributed by atoms with Crippen molar-refractivity contribution in [3.8, 4) is 0 Å². The van der Waals surface area contributed by atoms with E-state index in [1.807, 2.05) is 32.3 Å². The second-order valence-corrected chi connectivity index (χ2v) is 6.73. The van der Waals surface area contributed by atoms with Gasteiger partial charge in [0, 0.05) is 38.2 Å². The van der Waals surface area contributed by atoms with E-state index in [0.717, 1.165) is 30.8 Å². The van der Waals surface area contributed by atoms with Crippen LogP contribution in [0.3, 0.4) is 0 Å². The number of rotatable bonds is 6. The Labute approximate surface area is 147 Å². The number of hydrogen-bond donors (Lipinski definition) is 2. The number of imide groups is 1. The van der Waals surface area contributed by atoms with E-state index in [2.05, 4.69) is 15.5 Å². The molecule has 0 aliphatic carbocycles. The van der Waals surface area contributed by atoms with Crippen molar-refractivity contribution in [2.24, 2.45) is 0 Å². The Balaban J connectivity index is 1.71. The zero-order valence-corrected chi connectivity index (χ0v) is 14.7. The highest BCUT2D eigenvalue weighted by Crippen LogP contribution is 2.28. The SMILES string of the molecule is CNCCN(C)Cc1ccc2c(c1)C(=O)N(C1CCC(=O)NC1=O)C2. The molecule has 1 unspecified atom stereocenters. The monoisotopic (exact) mass is 344 g/mol. The lowest BCUT2D eigenvalue weighted by Crippen LogP contribution is -2.52. The number of amides is 3. The van der Waals surface area contributed by atoms with E-state index in [-0.39, 0.29) is 24.1 Å². The molecule has 2 N–H and O–H groups in total. The van der Waals surface area contributed by atoms with E-state index in [1.165, 1.54) is 0 Å². The van der Waals surface area contributed by atoms with Gasteiger partial charge in [0.15, 0.2) is 0 Å². The van der Waals surface area contributed by atoms with Gasteiger partial charge in [-0.25, -0.2) is 0 Å². The highest BCUT2D eigenvalue weighted by molar-refractivity contribution is 6.05. The van der Waals surface area contributed by atoms with Crippen LogP contribution in [-0.2, 0) is 22.7 Å². The Bertz CT molecular complexity index is 704. The molecule has 2 heterocycles. The summed E-state index contributed by atoms with van der Waals surface area (Å²) in [5.41, 5.74) is 2.69. The lowest BCUT2D eigenvalue weighted by atomic mass is 10.0. The number of fused-ring (bicyclic) bond motifs is 1. The molecule has 25 heavy (non-hydrogen) atoms. The summed E-state index contributed by atoms with van der Waals surface area (Å²) in [6, 6.07) is 5.38. The van der Waals surface area contributed by atoms with Gasteiger partial charge in [-0.3, -0.25) is 19.7 Å². The molecule has 0 saturated carbocycles. The van der Waals surface area contributed by atoms with E-state index in [9.17, 15) is 14.4 Å². The molecule has 1 aromatic carbocycles. The van der Waals surface area contributed by atoms with Gasteiger partial charge < -0.3 is 15.1 Å². The predicted octanol–water partition coefficient (Wildman–Crippen LogP) is 0.0988. The van der Waals surface area contributed by atoms with Gasteiger partial charge in [-0.05, 0) is 37.7 Å². The topological polar surface area (TPSA) is 81.8 Å². The number of nitrogens with one attached hydrogen (secondary N) is 2. The maximum absolute atomic E-state index is 12.8. The zero-order valence-electron chi connectivity index (χ0n) is 14.7. The van der Waals surface area contributed by atoms with Gasteiger partial charge in [0.1, 0.15) is 6.04 Å². The summed E-state index contributed by atoms with van der Waals surface area (Å²) in [4.78, 5) is 39.9. The van der Waals surface area contributed by atoms with Gasteiger partial charge in [-0.15, -0.1) is 0 Å². The van der Waals surface area contributed by atoms with Gasteiger partial charge in [-0.1, -0.05) is 12.1 Å². The third-order valence-corrected chi connectivity index (χ3v) is 4.79. The molecule has 1 atom stereocenters. The third-order valence-electron chi connectivity index (χ3n) is 4.79. The van der Waals surface area contributed by atoms with Gasteiger partial charge in [-0.2, -0.15) is 0 Å². The second kappa shape index (κ2) is 7.33. The Kier molecular flexibility index (Phi) is 5.15. The van der Waals surface area contributed by atoms with Crippen molar-refractivity contribution in [3.63, 3.8) is 0 Å². The Morgan fingerprint density at radius 1 is 1.32 bits per heavy atom. The van der Waals surface area contributed by atoms with Crippen LogP contribution < -0.4 is 10.6 Å². The van der Waals surface area contributed by atoms with Crippen LogP contribution in [0.5, 0.6) is 0 Å².